The Morgan fingerprint density at radius 3 is 2.55 bits per heavy atom. The maximum atomic E-state index is 12.9. The van der Waals surface area contributed by atoms with Crippen molar-refractivity contribution in [2.75, 3.05) is 5.32 Å². The fourth-order valence-corrected chi connectivity index (χ4v) is 1.87. The van der Waals surface area contributed by atoms with Crippen LogP contribution in [0.25, 0.3) is 0 Å². The summed E-state index contributed by atoms with van der Waals surface area (Å²) >= 11 is 5.81. The molecule has 0 bridgehead atoms. The Hall–Kier alpha value is -1.82. The van der Waals surface area contributed by atoms with Crippen molar-refractivity contribution in [3.05, 3.63) is 46.9 Å². The van der Waals surface area contributed by atoms with Crippen LogP contribution in [0.2, 0.25) is 5.15 Å². The summed E-state index contributed by atoms with van der Waals surface area (Å²) in [6, 6.07) is 6.57. The van der Waals surface area contributed by atoms with Crippen molar-refractivity contribution < 1.29 is 13.2 Å². The number of para-hydroxylation sites is 1. The lowest BCUT2D eigenvalue weighted by Gasteiger charge is -2.14. The standard InChI is InChI=1S/C13H11ClF3N3/c1-2-11-19-10(14)7-12(20-11)18-9-6-4-3-5-8(9)13(15,16)17/h3-7H,2H2,1H3,(H,18,19,20). The van der Waals surface area contributed by atoms with E-state index in [-0.39, 0.29) is 16.7 Å². The molecule has 0 amide bonds. The van der Waals surface area contributed by atoms with Gasteiger partial charge in [0, 0.05) is 12.5 Å². The lowest BCUT2D eigenvalue weighted by molar-refractivity contribution is -0.136. The van der Waals surface area contributed by atoms with Gasteiger partial charge in [-0.15, -0.1) is 0 Å². The van der Waals surface area contributed by atoms with Gasteiger partial charge in [-0.1, -0.05) is 30.7 Å². The highest BCUT2D eigenvalue weighted by Gasteiger charge is 2.33. The van der Waals surface area contributed by atoms with Crippen molar-refractivity contribution in [1.29, 1.82) is 0 Å². The Bertz CT molecular complexity index is 614. The average Bonchev–Trinajstić information content (AvgIpc) is 2.37. The van der Waals surface area contributed by atoms with Gasteiger partial charge in [0.2, 0.25) is 0 Å². The summed E-state index contributed by atoms with van der Waals surface area (Å²) in [5.41, 5.74) is -0.829. The maximum absolute atomic E-state index is 12.9. The second kappa shape index (κ2) is 5.66. The summed E-state index contributed by atoms with van der Waals surface area (Å²) in [5.74, 6) is 0.697. The molecule has 0 saturated heterocycles. The van der Waals surface area contributed by atoms with Crippen molar-refractivity contribution >= 4 is 23.1 Å². The minimum absolute atomic E-state index is 0.0724. The molecule has 7 heteroatoms. The third-order valence-electron chi connectivity index (χ3n) is 2.55. The number of alkyl halides is 3. The number of benzene rings is 1. The van der Waals surface area contributed by atoms with E-state index in [0.29, 0.717) is 12.2 Å². The Labute approximate surface area is 118 Å². The minimum atomic E-state index is -4.44. The molecule has 0 atom stereocenters. The fourth-order valence-electron chi connectivity index (χ4n) is 1.66. The molecule has 2 rings (SSSR count). The largest absolute Gasteiger partial charge is 0.418 e. The van der Waals surface area contributed by atoms with Gasteiger partial charge in [0.15, 0.2) is 0 Å². The normalized spacial score (nSPS) is 11.4. The summed E-state index contributed by atoms with van der Waals surface area (Å²) in [6.45, 7) is 1.83. The molecule has 0 saturated carbocycles. The summed E-state index contributed by atoms with van der Waals surface area (Å²) < 4.78 is 38.6. The van der Waals surface area contributed by atoms with Gasteiger partial charge in [0.1, 0.15) is 16.8 Å². The number of rotatable bonds is 3. The minimum Gasteiger partial charge on any atom is -0.340 e. The van der Waals surface area contributed by atoms with Gasteiger partial charge in [-0.3, -0.25) is 0 Å². The summed E-state index contributed by atoms with van der Waals surface area (Å²) in [6.07, 6.45) is -3.90. The Balaban J connectivity index is 2.38. The van der Waals surface area contributed by atoms with E-state index in [4.69, 9.17) is 11.6 Å². The molecule has 0 aliphatic heterocycles. The van der Waals surface area contributed by atoms with Crippen LogP contribution in [0.15, 0.2) is 30.3 Å². The second-order valence-electron chi connectivity index (χ2n) is 4.01. The van der Waals surface area contributed by atoms with Crippen LogP contribution in [-0.4, -0.2) is 9.97 Å². The first-order chi connectivity index (χ1) is 9.40. The highest BCUT2D eigenvalue weighted by Crippen LogP contribution is 2.35. The molecule has 0 unspecified atom stereocenters. The van der Waals surface area contributed by atoms with Gasteiger partial charge in [-0.2, -0.15) is 13.2 Å². The van der Waals surface area contributed by atoms with Crippen molar-refractivity contribution in [2.24, 2.45) is 0 Å². The second-order valence-corrected chi connectivity index (χ2v) is 4.40. The van der Waals surface area contributed by atoms with Crippen LogP contribution >= 0.6 is 11.6 Å². The Kier molecular flexibility index (Phi) is 4.13. The molecule has 1 N–H and O–H groups in total. The Morgan fingerprint density at radius 2 is 1.90 bits per heavy atom. The predicted octanol–water partition coefficient (Wildman–Crippen LogP) is 4.45. The fraction of sp³-hybridized carbons (Fsp3) is 0.231. The van der Waals surface area contributed by atoms with Gasteiger partial charge >= 0.3 is 6.18 Å². The zero-order valence-corrected chi connectivity index (χ0v) is 11.3. The summed E-state index contributed by atoms with van der Waals surface area (Å²) in [5, 5.41) is 2.82. The van der Waals surface area contributed by atoms with Gasteiger partial charge in [0.05, 0.1) is 11.3 Å². The van der Waals surface area contributed by atoms with Gasteiger partial charge in [-0.25, -0.2) is 9.97 Å². The average molecular weight is 302 g/mol. The van der Waals surface area contributed by atoms with Gasteiger partial charge < -0.3 is 5.32 Å². The first-order valence-electron chi connectivity index (χ1n) is 5.87. The van der Waals surface area contributed by atoms with Crippen molar-refractivity contribution in [3.8, 4) is 0 Å². The molecule has 106 valence electrons. The van der Waals surface area contributed by atoms with E-state index in [1.807, 2.05) is 6.92 Å². The van der Waals surface area contributed by atoms with E-state index in [2.05, 4.69) is 15.3 Å². The molecule has 20 heavy (non-hydrogen) atoms. The molecule has 2 aromatic rings. The molecular weight excluding hydrogens is 291 g/mol. The number of halogens is 4. The summed E-state index contributed by atoms with van der Waals surface area (Å²) in [7, 11) is 0. The topological polar surface area (TPSA) is 37.8 Å². The SMILES string of the molecule is CCc1nc(Cl)cc(Nc2ccccc2C(F)(F)F)n1. The molecule has 3 nitrogen and oxygen atoms in total. The molecule has 0 fully saturated rings. The van der Waals surface area contributed by atoms with Crippen LogP contribution in [0.5, 0.6) is 0 Å². The van der Waals surface area contributed by atoms with E-state index >= 15 is 0 Å². The predicted molar refractivity (Wildman–Crippen MR) is 71.1 cm³/mol. The molecule has 1 heterocycles. The van der Waals surface area contributed by atoms with E-state index in [1.54, 1.807) is 0 Å². The van der Waals surface area contributed by atoms with E-state index in [9.17, 15) is 13.2 Å². The first kappa shape index (κ1) is 14.6. The number of hydrogen-bond donors (Lipinski definition) is 1. The van der Waals surface area contributed by atoms with Crippen molar-refractivity contribution in [2.45, 2.75) is 19.5 Å². The molecule has 0 aliphatic rings. The molecule has 1 aromatic heterocycles. The van der Waals surface area contributed by atoms with Crippen LogP contribution in [0.1, 0.15) is 18.3 Å². The highest BCUT2D eigenvalue weighted by molar-refractivity contribution is 6.29. The van der Waals surface area contributed by atoms with Crippen molar-refractivity contribution in [1.82, 2.24) is 9.97 Å². The number of aryl methyl sites for hydroxylation is 1. The first-order valence-corrected chi connectivity index (χ1v) is 6.24. The van der Waals surface area contributed by atoms with E-state index in [1.165, 1.54) is 24.3 Å². The van der Waals surface area contributed by atoms with Crippen molar-refractivity contribution in [3.63, 3.8) is 0 Å². The molecule has 0 radical (unpaired) electrons. The molecule has 0 spiro atoms. The third kappa shape index (κ3) is 3.39. The number of hydrogen-bond acceptors (Lipinski definition) is 3. The van der Waals surface area contributed by atoms with Crippen LogP contribution in [0.4, 0.5) is 24.7 Å². The van der Waals surface area contributed by atoms with E-state index < -0.39 is 11.7 Å². The quantitative estimate of drug-likeness (QED) is 0.851. The van der Waals surface area contributed by atoms with Crippen LogP contribution < -0.4 is 5.32 Å². The van der Waals surface area contributed by atoms with Crippen LogP contribution in [0, 0.1) is 0 Å². The monoisotopic (exact) mass is 301 g/mol. The number of nitrogens with one attached hydrogen (secondary N) is 1. The smallest absolute Gasteiger partial charge is 0.340 e. The number of nitrogens with zero attached hydrogens (tertiary/aromatic N) is 2. The van der Waals surface area contributed by atoms with E-state index in [0.717, 1.165) is 6.07 Å². The zero-order valence-electron chi connectivity index (χ0n) is 10.5. The number of aromatic nitrogens is 2. The summed E-state index contributed by atoms with van der Waals surface area (Å²) in [4.78, 5) is 8.05. The number of anilines is 2. The molecule has 0 aliphatic carbocycles. The maximum Gasteiger partial charge on any atom is 0.418 e. The third-order valence-corrected chi connectivity index (χ3v) is 2.75. The lowest BCUT2D eigenvalue weighted by atomic mass is 10.1. The van der Waals surface area contributed by atoms with Gasteiger partial charge in [-0.05, 0) is 12.1 Å². The molecule has 1 aromatic carbocycles. The highest BCUT2D eigenvalue weighted by atomic mass is 35.5. The van der Waals surface area contributed by atoms with Crippen LogP contribution in [-0.2, 0) is 12.6 Å². The lowest BCUT2D eigenvalue weighted by Crippen LogP contribution is -2.09. The Morgan fingerprint density at radius 1 is 1.20 bits per heavy atom. The van der Waals surface area contributed by atoms with Gasteiger partial charge in [0.25, 0.3) is 0 Å². The zero-order chi connectivity index (χ0) is 14.8. The van der Waals surface area contributed by atoms with Crippen LogP contribution in [0.3, 0.4) is 0 Å². The molecular formula is C13H11ClF3N3.